The first-order valence-electron chi connectivity index (χ1n) is 1.50. The lowest BCUT2D eigenvalue weighted by molar-refractivity contribution is -0.118. The number of nitrogens with two attached hydrogens (primary N) is 1. The first kappa shape index (κ1) is 10.3. The molecular formula is C2H8BrN2OP. The maximum Gasteiger partial charge on any atom is 0.237 e. The normalized spacial score (nSPS) is 6.57. The molecule has 1 unspecified atom stereocenters. The van der Waals surface area contributed by atoms with E-state index in [-0.39, 0.29) is 22.9 Å². The number of nitrogens with one attached hydrogen (secondary N) is 1. The number of carbonyl (C=O) groups excluding carboxylic acids is 1. The average Bonchev–Trinajstić information content (AvgIpc) is 1.65. The summed E-state index contributed by atoms with van der Waals surface area (Å²) in [6, 6.07) is 0. The average molecular weight is 187 g/mol. The third-order valence-electron chi connectivity index (χ3n) is 0.346. The van der Waals surface area contributed by atoms with E-state index in [4.69, 9.17) is 0 Å². The highest BCUT2D eigenvalue weighted by atomic mass is 79.9. The van der Waals surface area contributed by atoms with E-state index >= 15 is 0 Å². The Morgan fingerprint density at radius 2 is 2.29 bits per heavy atom. The van der Waals surface area contributed by atoms with Gasteiger partial charge in [0.25, 0.3) is 0 Å². The predicted molar refractivity (Wildman–Crippen MR) is 37.2 cm³/mol. The number of hydrazine groups is 1. The van der Waals surface area contributed by atoms with E-state index in [9.17, 15) is 4.79 Å². The van der Waals surface area contributed by atoms with Crippen LogP contribution in [0.25, 0.3) is 0 Å². The van der Waals surface area contributed by atoms with Crippen molar-refractivity contribution in [3.05, 3.63) is 0 Å². The smallest absolute Gasteiger partial charge is 0.237 e. The van der Waals surface area contributed by atoms with Gasteiger partial charge in [-0.25, -0.2) is 5.84 Å². The first-order valence-corrected chi connectivity index (χ1v) is 2.32. The third kappa shape index (κ3) is 6.34. The molecule has 0 aliphatic rings. The van der Waals surface area contributed by atoms with Crippen LogP contribution in [0.1, 0.15) is 0 Å². The molecule has 0 aromatic carbocycles. The maximum absolute atomic E-state index is 9.92. The molecule has 5 heteroatoms. The summed E-state index contributed by atoms with van der Waals surface area (Å²) in [6.45, 7) is 0. The zero-order chi connectivity index (χ0) is 4.99. The van der Waals surface area contributed by atoms with E-state index in [1.165, 1.54) is 0 Å². The fourth-order valence-electron chi connectivity index (χ4n) is 0.0589. The molecule has 0 aromatic rings. The number of hydrogen-bond acceptors (Lipinski definition) is 2. The van der Waals surface area contributed by atoms with Gasteiger partial charge in [0.1, 0.15) is 0 Å². The molecule has 0 fully saturated rings. The lowest BCUT2D eigenvalue weighted by atomic mass is 10.8. The first-order chi connectivity index (χ1) is 2.81. The van der Waals surface area contributed by atoms with Crippen LogP contribution >= 0.6 is 26.2 Å². The summed E-state index contributed by atoms with van der Waals surface area (Å²) in [5.74, 6) is 4.50. The molecule has 1 amide bonds. The molecule has 0 radical (unpaired) electrons. The van der Waals surface area contributed by atoms with E-state index in [0.717, 1.165) is 0 Å². The largest absolute Gasteiger partial charge is 0.294 e. The molecule has 3 nitrogen and oxygen atoms in total. The summed E-state index contributed by atoms with van der Waals surface area (Å²) in [4.78, 5) is 9.92. The summed E-state index contributed by atoms with van der Waals surface area (Å²) in [5, 5.41) is 0. The highest BCUT2D eigenvalue weighted by molar-refractivity contribution is 8.93. The zero-order valence-corrected chi connectivity index (χ0v) is 6.55. The van der Waals surface area contributed by atoms with Crippen molar-refractivity contribution in [3.8, 4) is 0 Å². The fraction of sp³-hybridized carbons (Fsp3) is 0.500. The van der Waals surface area contributed by atoms with Crippen LogP contribution in [0.4, 0.5) is 0 Å². The number of rotatable bonds is 1. The Labute approximate surface area is 55.0 Å². The summed E-state index contributed by atoms with van der Waals surface area (Å²) >= 11 is 0. The van der Waals surface area contributed by atoms with Gasteiger partial charge in [0.05, 0.1) is 0 Å². The molecule has 3 N–H and O–H groups in total. The Kier molecular flexibility index (Phi) is 9.37. The van der Waals surface area contributed by atoms with Gasteiger partial charge in [-0.05, 0) is 0 Å². The number of hydrogen-bond donors (Lipinski definition) is 2. The molecule has 0 rings (SSSR count). The van der Waals surface area contributed by atoms with Crippen molar-refractivity contribution in [1.29, 1.82) is 0 Å². The van der Waals surface area contributed by atoms with Crippen LogP contribution in [0, 0.1) is 0 Å². The highest BCUT2D eigenvalue weighted by Gasteiger charge is 1.85. The van der Waals surface area contributed by atoms with Gasteiger partial charge in [0.15, 0.2) is 0 Å². The summed E-state index contributed by atoms with van der Waals surface area (Å²) in [7, 11) is 2.25. The Bertz CT molecular complexity index is 53.7. The molecule has 0 saturated carbocycles. The Balaban J connectivity index is 0. The minimum atomic E-state index is -0.167. The number of amides is 1. The van der Waals surface area contributed by atoms with Gasteiger partial charge < -0.3 is 0 Å². The van der Waals surface area contributed by atoms with Crippen molar-refractivity contribution >= 4 is 32.1 Å². The van der Waals surface area contributed by atoms with Crippen molar-refractivity contribution < 1.29 is 4.79 Å². The Morgan fingerprint density at radius 3 is 2.29 bits per heavy atom. The van der Waals surface area contributed by atoms with Gasteiger partial charge in [-0.2, -0.15) is 0 Å². The summed E-state index contributed by atoms with van der Waals surface area (Å²) in [6.07, 6.45) is 0.372. The third-order valence-corrected chi connectivity index (χ3v) is 0.717. The van der Waals surface area contributed by atoms with Gasteiger partial charge in [0, 0.05) is 6.16 Å². The fourth-order valence-corrected chi connectivity index (χ4v) is 0.177. The van der Waals surface area contributed by atoms with Gasteiger partial charge in [0.2, 0.25) is 5.91 Å². The van der Waals surface area contributed by atoms with Crippen molar-refractivity contribution in [3.63, 3.8) is 0 Å². The monoisotopic (exact) mass is 186 g/mol. The van der Waals surface area contributed by atoms with Crippen LogP contribution in [0.2, 0.25) is 0 Å². The van der Waals surface area contributed by atoms with Crippen LogP contribution in [0.3, 0.4) is 0 Å². The van der Waals surface area contributed by atoms with Crippen molar-refractivity contribution in [2.75, 3.05) is 6.16 Å². The quantitative estimate of drug-likeness (QED) is 0.250. The van der Waals surface area contributed by atoms with Crippen molar-refractivity contribution in [2.24, 2.45) is 5.84 Å². The van der Waals surface area contributed by atoms with E-state index in [1.54, 1.807) is 0 Å². The number of carbonyl (C=O) groups is 1. The number of halogens is 1. The van der Waals surface area contributed by atoms with Crippen molar-refractivity contribution in [2.45, 2.75) is 0 Å². The van der Waals surface area contributed by atoms with Crippen molar-refractivity contribution in [1.82, 2.24) is 5.43 Å². The second-order valence-corrected chi connectivity index (χ2v) is 1.18. The molecule has 0 aliphatic carbocycles. The molecule has 0 aliphatic heterocycles. The summed E-state index contributed by atoms with van der Waals surface area (Å²) < 4.78 is 0. The maximum atomic E-state index is 9.92. The molecular weight excluding hydrogens is 179 g/mol. The molecule has 0 bridgehead atoms. The van der Waals surface area contributed by atoms with Gasteiger partial charge >= 0.3 is 0 Å². The SMILES string of the molecule is Br.NNC(=O)CP. The minimum Gasteiger partial charge on any atom is -0.294 e. The second kappa shape index (κ2) is 6.34. The van der Waals surface area contributed by atoms with Gasteiger partial charge in [-0.3, -0.25) is 10.2 Å². The van der Waals surface area contributed by atoms with Crippen LogP contribution < -0.4 is 11.3 Å². The van der Waals surface area contributed by atoms with E-state index < -0.39 is 0 Å². The van der Waals surface area contributed by atoms with Gasteiger partial charge in [-0.15, -0.1) is 26.2 Å². The van der Waals surface area contributed by atoms with Crippen LogP contribution in [0.15, 0.2) is 0 Å². The Morgan fingerprint density at radius 1 is 1.86 bits per heavy atom. The van der Waals surface area contributed by atoms with E-state index in [1.807, 2.05) is 5.43 Å². The minimum absolute atomic E-state index is 0. The topological polar surface area (TPSA) is 55.1 Å². The second-order valence-electron chi connectivity index (χ2n) is 0.772. The summed E-state index contributed by atoms with van der Waals surface area (Å²) in [5.41, 5.74) is 1.95. The molecule has 0 aromatic heterocycles. The van der Waals surface area contributed by atoms with Crippen LogP contribution in [-0.4, -0.2) is 12.1 Å². The lowest BCUT2D eigenvalue weighted by Crippen LogP contribution is -2.30. The molecule has 1 atom stereocenters. The predicted octanol–water partition coefficient (Wildman–Crippen LogP) is -0.571. The van der Waals surface area contributed by atoms with E-state index in [2.05, 4.69) is 15.1 Å². The highest BCUT2D eigenvalue weighted by Crippen LogP contribution is 1.74. The standard InChI is InChI=1S/C2H7N2OP.BrH/c3-4-2(5)1-6;/h1,3,6H2,(H,4,5);1H. The van der Waals surface area contributed by atoms with Crippen LogP contribution in [0.5, 0.6) is 0 Å². The lowest BCUT2D eigenvalue weighted by Gasteiger charge is -1.87. The molecule has 44 valence electrons. The molecule has 0 heterocycles. The molecule has 7 heavy (non-hydrogen) atoms. The van der Waals surface area contributed by atoms with Gasteiger partial charge in [-0.1, -0.05) is 0 Å². The van der Waals surface area contributed by atoms with Crippen LogP contribution in [-0.2, 0) is 4.79 Å². The molecule has 0 spiro atoms. The molecule has 0 saturated heterocycles. The Hall–Kier alpha value is 0.340. The van der Waals surface area contributed by atoms with E-state index in [0.29, 0.717) is 6.16 Å². The zero-order valence-electron chi connectivity index (χ0n) is 3.68.